The molecule has 0 radical (unpaired) electrons. The van der Waals surface area contributed by atoms with E-state index in [-0.39, 0.29) is 24.5 Å². The number of hydrogen-bond donors (Lipinski definition) is 1. The van der Waals surface area contributed by atoms with Crippen molar-refractivity contribution in [2.24, 2.45) is 0 Å². The summed E-state index contributed by atoms with van der Waals surface area (Å²) in [5, 5.41) is 5.22. The summed E-state index contributed by atoms with van der Waals surface area (Å²) in [6, 6.07) is 10.6. The molecule has 1 aromatic carbocycles. The van der Waals surface area contributed by atoms with E-state index in [4.69, 9.17) is 16.3 Å². The van der Waals surface area contributed by atoms with Crippen LogP contribution in [-0.4, -0.2) is 24.8 Å². The van der Waals surface area contributed by atoms with Gasteiger partial charge >= 0.3 is 0 Å². The Balaban J connectivity index is 1.59. The van der Waals surface area contributed by atoms with E-state index in [0.29, 0.717) is 28.8 Å². The summed E-state index contributed by atoms with van der Waals surface area (Å²) in [5.74, 6) is 0.554. The van der Waals surface area contributed by atoms with E-state index in [2.05, 4.69) is 5.32 Å². The summed E-state index contributed by atoms with van der Waals surface area (Å²) >= 11 is 7.16. The van der Waals surface area contributed by atoms with Crippen LogP contribution >= 0.6 is 22.9 Å². The first-order chi connectivity index (χ1) is 10.6. The van der Waals surface area contributed by atoms with Gasteiger partial charge in [0.2, 0.25) is 5.91 Å². The molecule has 1 heterocycles. The van der Waals surface area contributed by atoms with E-state index in [1.807, 2.05) is 11.4 Å². The van der Waals surface area contributed by atoms with Crippen LogP contribution in [0.3, 0.4) is 0 Å². The lowest BCUT2D eigenvalue weighted by molar-refractivity contribution is -0.121. The Morgan fingerprint density at radius 1 is 1.14 bits per heavy atom. The van der Waals surface area contributed by atoms with E-state index in [0.717, 1.165) is 0 Å². The Bertz CT molecular complexity index is 611. The van der Waals surface area contributed by atoms with Crippen molar-refractivity contribution in [2.45, 2.75) is 12.8 Å². The molecule has 4 nitrogen and oxygen atoms in total. The van der Waals surface area contributed by atoms with Crippen molar-refractivity contribution < 1.29 is 14.3 Å². The maximum Gasteiger partial charge on any atom is 0.220 e. The Morgan fingerprint density at radius 2 is 1.91 bits per heavy atom. The van der Waals surface area contributed by atoms with Crippen LogP contribution in [-0.2, 0) is 4.79 Å². The fourth-order valence-corrected chi connectivity index (χ4v) is 2.59. The van der Waals surface area contributed by atoms with Crippen LogP contribution in [0.2, 0.25) is 5.02 Å². The predicted octanol–water partition coefficient (Wildman–Crippen LogP) is 3.56. The number of carbonyl (C=O) groups is 2. The molecule has 0 spiro atoms. The molecule has 116 valence electrons. The first-order valence-corrected chi connectivity index (χ1v) is 8.12. The Labute approximate surface area is 138 Å². The van der Waals surface area contributed by atoms with Gasteiger partial charge in [-0.05, 0) is 35.7 Å². The molecular formula is C16H16ClNO3S. The molecule has 0 aliphatic heterocycles. The van der Waals surface area contributed by atoms with Crippen molar-refractivity contribution in [2.75, 3.05) is 13.2 Å². The van der Waals surface area contributed by atoms with E-state index >= 15 is 0 Å². The van der Waals surface area contributed by atoms with E-state index in [1.165, 1.54) is 11.3 Å². The SMILES string of the molecule is O=C(CCC(=O)c1cccs1)NCCOc1ccc(Cl)cc1. The number of benzene rings is 1. The monoisotopic (exact) mass is 337 g/mol. The van der Waals surface area contributed by atoms with Gasteiger partial charge in [-0.1, -0.05) is 17.7 Å². The van der Waals surface area contributed by atoms with Gasteiger partial charge in [0, 0.05) is 17.9 Å². The normalized spacial score (nSPS) is 10.2. The van der Waals surface area contributed by atoms with Crippen molar-refractivity contribution >= 4 is 34.6 Å². The number of nitrogens with one attached hydrogen (secondary N) is 1. The number of carbonyl (C=O) groups excluding carboxylic acids is 2. The molecule has 0 aliphatic carbocycles. The van der Waals surface area contributed by atoms with Gasteiger partial charge < -0.3 is 10.1 Å². The van der Waals surface area contributed by atoms with Gasteiger partial charge in [0.05, 0.1) is 11.4 Å². The molecule has 0 bridgehead atoms. The number of halogens is 1. The Kier molecular flexibility index (Phi) is 6.43. The highest BCUT2D eigenvalue weighted by Crippen LogP contribution is 2.15. The molecule has 0 atom stereocenters. The van der Waals surface area contributed by atoms with Crippen molar-refractivity contribution in [1.82, 2.24) is 5.32 Å². The van der Waals surface area contributed by atoms with Crippen LogP contribution in [0, 0.1) is 0 Å². The first-order valence-electron chi connectivity index (χ1n) is 6.87. The summed E-state index contributed by atoms with van der Waals surface area (Å²) in [6.45, 7) is 0.765. The number of thiophene rings is 1. The van der Waals surface area contributed by atoms with Crippen LogP contribution in [0.5, 0.6) is 5.75 Å². The van der Waals surface area contributed by atoms with E-state index < -0.39 is 0 Å². The zero-order valence-corrected chi connectivity index (χ0v) is 13.5. The minimum atomic E-state index is -0.149. The minimum Gasteiger partial charge on any atom is -0.492 e. The lowest BCUT2D eigenvalue weighted by Crippen LogP contribution is -2.28. The number of Topliss-reactive ketones (excluding diaryl/α,β-unsaturated/α-hetero) is 1. The van der Waals surface area contributed by atoms with Crippen molar-refractivity contribution in [3.63, 3.8) is 0 Å². The molecule has 1 N–H and O–H groups in total. The third-order valence-corrected chi connectivity index (χ3v) is 4.04. The number of hydrogen-bond acceptors (Lipinski definition) is 4. The summed E-state index contributed by atoms with van der Waals surface area (Å²) in [7, 11) is 0. The zero-order chi connectivity index (χ0) is 15.8. The Morgan fingerprint density at radius 3 is 2.59 bits per heavy atom. The van der Waals surface area contributed by atoms with Crippen molar-refractivity contribution in [1.29, 1.82) is 0 Å². The molecule has 1 amide bonds. The van der Waals surface area contributed by atoms with Crippen LogP contribution in [0.4, 0.5) is 0 Å². The second kappa shape index (κ2) is 8.56. The number of amides is 1. The lowest BCUT2D eigenvalue weighted by Gasteiger charge is -2.07. The highest BCUT2D eigenvalue weighted by atomic mass is 35.5. The number of rotatable bonds is 8. The standard InChI is InChI=1S/C16H16ClNO3S/c17-12-3-5-13(6-4-12)21-10-9-18-16(20)8-7-14(19)15-2-1-11-22-15/h1-6,11H,7-10H2,(H,18,20). The summed E-state index contributed by atoms with van der Waals surface area (Å²) < 4.78 is 5.46. The third-order valence-electron chi connectivity index (χ3n) is 2.88. The maximum atomic E-state index is 11.7. The summed E-state index contributed by atoms with van der Waals surface area (Å²) in [5.41, 5.74) is 0. The average Bonchev–Trinajstić information content (AvgIpc) is 3.05. The summed E-state index contributed by atoms with van der Waals surface area (Å²) in [6.07, 6.45) is 0.419. The quantitative estimate of drug-likeness (QED) is 0.592. The van der Waals surface area contributed by atoms with Gasteiger partial charge in [-0.2, -0.15) is 0 Å². The highest BCUT2D eigenvalue weighted by Gasteiger charge is 2.09. The molecular weight excluding hydrogens is 322 g/mol. The molecule has 2 rings (SSSR count). The van der Waals surface area contributed by atoms with E-state index in [1.54, 1.807) is 30.3 Å². The second-order valence-electron chi connectivity index (χ2n) is 4.55. The van der Waals surface area contributed by atoms with Gasteiger partial charge in [-0.15, -0.1) is 11.3 Å². The van der Waals surface area contributed by atoms with Crippen LogP contribution < -0.4 is 10.1 Å². The first kappa shape index (κ1) is 16.5. The van der Waals surface area contributed by atoms with Gasteiger partial charge in [0.15, 0.2) is 5.78 Å². The molecule has 22 heavy (non-hydrogen) atoms. The van der Waals surface area contributed by atoms with Crippen LogP contribution in [0.15, 0.2) is 41.8 Å². The molecule has 1 aromatic heterocycles. The molecule has 0 aliphatic rings. The Hall–Kier alpha value is -1.85. The number of ether oxygens (including phenoxy) is 1. The largest absolute Gasteiger partial charge is 0.492 e. The highest BCUT2D eigenvalue weighted by molar-refractivity contribution is 7.12. The fourth-order valence-electron chi connectivity index (χ4n) is 1.77. The smallest absolute Gasteiger partial charge is 0.220 e. The van der Waals surface area contributed by atoms with Gasteiger partial charge in [-0.25, -0.2) is 0 Å². The van der Waals surface area contributed by atoms with E-state index in [9.17, 15) is 9.59 Å². The van der Waals surface area contributed by atoms with Crippen molar-refractivity contribution in [3.8, 4) is 5.75 Å². The minimum absolute atomic E-state index is 0.00237. The second-order valence-corrected chi connectivity index (χ2v) is 5.94. The third kappa shape index (κ3) is 5.50. The van der Waals surface area contributed by atoms with Crippen molar-refractivity contribution in [3.05, 3.63) is 51.7 Å². The molecule has 0 unspecified atom stereocenters. The molecule has 0 saturated carbocycles. The lowest BCUT2D eigenvalue weighted by atomic mass is 10.2. The average molecular weight is 338 g/mol. The van der Waals surface area contributed by atoms with Gasteiger partial charge in [0.25, 0.3) is 0 Å². The van der Waals surface area contributed by atoms with Crippen LogP contribution in [0.1, 0.15) is 22.5 Å². The molecule has 0 saturated heterocycles. The van der Waals surface area contributed by atoms with Gasteiger partial charge in [-0.3, -0.25) is 9.59 Å². The fraction of sp³-hybridized carbons (Fsp3) is 0.250. The molecule has 2 aromatic rings. The van der Waals surface area contributed by atoms with Crippen LogP contribution in [0.25, 0.3) is 0 Å². The molecule has 0 fully saturated rings. The maximum absolute atomic E-state index is 11.7. The summed E-state index contributed by atoms with van der Waals surface area (Å²) in [4.78, 5) is 24.1. The van der Waals surface area contributed by atoms with Gasteiger partial charge in [0.1, 0.15) is 12.4 Å². The number of ketones is 1. The topological polar surface area (TPSA) is 55.4 Å². The zero-order valence-electron chi connectivity index (χ0n) is 11.9. The molecule has 6 heteroatoms. The predicted molar refractivity (Wildman–Crippen MR) is 87.8 cm³/mol.